The van der Waals surface area contributed by atoms with E-state index in [9.17, 15) is 71.5 Å². The Balaban J connectivity index is 0.740. The Kier molecular flexibility index (Phi) is 18.6. The average molecular weight is 1180 g/mol. The fourth-order valence-corrected chi connectivity index (χ4v) is 17.3. The summed E-state index contributed by atoms with van der Waals surface area (Å²) in [5, 5.41) is 154. The van der Waals surface area contributed by atoms with Gasteiger partial charge in [-0.25, -0.2) is 0 Å². The molecule has 26 heteroatoms. The molecule has 7 heterocycles. The van der Waals surface area contributed by atoms with Crippen molar-refractivity contribution < 1.29 is 128 Å². The van der Waals surface area contributed by atoms with Gasteiger partial charge in [0.05, 0.1) is 51.3 Å². The third kappa shape index (κ3) is 10.9. The molecule has 0 amide bonds. The lowest BCUT2D eigenvalue weighted by Gasteiger charge is -2.61. The summed E-state index contributed by atoms with van der Waals surface area (Å²) in [6.07, 6.45) is -31.7. The number of fused-ring (bicyclic) bond motifs is 7. The zero-order chi connectivity index (χ0) is 58.6. The minimum absolute atomic E-state index is 0.0594. The molecule has 14 N–H and O–H groups in total. The standard InChI is InChI=1S/C56H92O26/c1-21-8-13-56(72-19-21)22(2)34-30(82-56)15-28-26-7-6-24-14-25(9-11-54(24,4)27(26)10-12-55(28,34)5)74-51-43(69)47(38(64)32(17-58)75-51)80-53-48(40(66)36(62)31(16-57)77-53)81-49-42(68)45(29(60)20-71-49)78-52-44(70)46(37(63)33(18-59)76-52)79-50-41(67)39(65)35(61)23(3)73-50/h21-53,57-70H,6-20H2,1-5H3/t21-,22?,23+,24+,25+,26?,27?,28?,29-,30?,31-,32-,33-,34?,35+,36-,37-,38+,39-,40+,41-,42+,43-,44-,45+,46+,47+,48-,49+,50-,51-,52+,53+,54+,55+,56-/m1/s1. The molecule has 6 unspecified atom stereocenters. The van der Waals surface area contributed by atoms with Gasteiger partial charge in [0, 0.05) is 12.3 Å². The van der Waals surface area contributed by atoms with Crippen LogP contribution >= 0.6 is 0 Å². The summed E-state index contributed by atoms with van der Waals surface area (Å²) in [5.41, 5.74) is 0.239. The minimum atomic E-state index is -2.05. The van der Waals surface area contributed by atoms with E-state index in [0.717, 1.165) is 58.0 Å². The van der Waals surface area contributed by atoms with Gasteiger partial charge in [0.15, 0.2) is 37.2 Å². The van der Waals surface area contributed by atoms with E-state index in [4.69, 9.17) is 56.8 Å². The van der Waals surface area contributed by atoms with Gasteiger partial charge in [0.2, 0.25) is 0 Å². The zero-order valence-electron chi connectivity index (χ0n) is 47.3. The molecule has 4 saturated carbocycles. The Hall–Kier alpha value is -1.04. The molecule has 11 aliphatic rings. The monoisotopic (exact) mass is 1180 g/mol. The largest absolute Gasteiger partial charge is 0.394 e. The van der Waals surface area contributed by atoms with E-state index in [0.29, 0.717) is 54.3 Å². The molecule has 11 fully saturated rings. The van der Waals surface area contributed by atoms with Crippen LogP contribution in [0.5, 0.6) is 0 Å². The van der Waals surface area contributed by atoms with Crippen LogP contribution < -0.4 is 0 Å². The first-order valence-corrected chi connectivity index (χ1v) is 30.1. The summed E-state index contributed by atoms with van der Waals surface area (Å²) >= 11 is 0. The van der Waals surface area contributed by atoms with Gasteiger partial charge in [-0.2, -0.15) is 0 Å². The van der Waals surface area contributed by atoms with Crippen molar-refractivity contribution in [2.45, 2.75) is 264 Å². The number of aliphatic hydroxyl groups excluding tert-OH is 14. The molecule has 0 aromatic rings. The average Bonchev–Trinajstić information content (AvgIpc) is 3.92. The molecule has 0 radical (unpaired) electrons. The summed E-state index contributed by atoms with van der Waals surface area (Å²) in [4.78, 5) is 0. The Labute approximate surface area is 476 Å². The van der Waals surface area contributed by atoms with Crippen molar-refractivity contribution in [3.63, 3.8) is 0 Å². The van der Waals surface area contributed by atoms with E-state index in [1.54, 1.807) is 0 Å². The van der Waals surface area contributed by atoms with Gasteiger partial charge in [-0.1, -0.05) is 27.7 Å². The molecular weight excluding hydrogens is 1090 g/mol. The molecule has 82 heavy (non-hydrogen) atoms. The predicted octanol–water partition coefficient (Wildman–Crippen LogP) is -3.42. The van der Waals surface area contributed by atoms with Crippen LogP contribution in [-0.2, 0) is 56.8 Å². The van der Waals surface area contributed by atoms with Gasteiger partial charge in [-0.3, -0.25) is 0 Å². The molecule has 36 atom stereocenters. The quantitative estimate of drug-likeness (QED) is 0.0799. The first-order chi connectivity index (χ1) is 39.0. The van der Waals surface area contributed by atoms with Crippen LogP contribution in [0.4, 0.5) is 0 Å². The fourth-order valence-electron chi connectivity index (χ4n) is 17.3. The van der Waals surface area contributed by atoms with Crippen molar-refractivity contribution >= 4 is 0 Å². The first kappa shape index (κ1) is 62.6. The summed E-state index contributed by atoms with van der Waals surface area (Å²) < 4.78 is 72.7. The molecule has 4 aliphatic carbocycles. The van der Waals surface area contributed by atoms with E-state index in [1.165, 1.54) is 6.92 Å². The van der Waals surface area contributed by atoms with Crippen LogP contribution in [0.3, 0.4) is 0 Å². The number of rotatable bonds is 13. The fraction of sp³-hybridized carbons (Fsp3) is 1.00. The lowest BCUT2D eigenvalue weighted by molar-refractivity contribution is -0.395. The molecule has 0 aromatic carbocycles. The first-order valence-electron chi connectivity index (χ1n) is 30.1. The van der Waals surface area contributed by atoms with E-state index >= 15 is 0 Å². The van der Waals surface area contributed by atoms with E-state index in [-0.39, 0.29) is 23.0 Å². The highest BCUT2D eigenvalue weighted by molar-refractivity contribution is 5.16. The second-order valence-electron chi connectivity index (χ2n) is 26.7. The second kappa shape index (κ2) is 24.4. The number of aliphatic hydroxyl groups is 14. The number of hydrogen-bond acceptors (Lipinski definition) is 26. The van der Waals surface area contributed by atoms with Crippen LogP contribution in [0, 0.1) is 52.3 Å². The van der Waals surface area contributed by atoms with E-state index in [1.807, 2.05) is 0 Å². The normalized spacial score (nSPS) is 57.9. The summed E-state index contributed by atoms with van der Waals surface area (Å²) in [6.45, 7) is 8.64. The van der Waals surface area contributed by atoms with Gasteiger partial charge >= 0.3 is 0 Å². The minimum Gasteiger partial charge on any atom is -0.394 e. The van der Waals surface area contributed by atoms with Crippen molar-refractivity contribution in [2.24, 2.45) is 52.3 Å². The third-order valence-corrected chi connectivity index (χ3v) is 22.1. The van der Waals surface area contributed by atoms with Crippen LogP contribution in [0.25, 0.3) is 0 Å². The molecule has 472 valence electrons. The Morgan fingerprint density at radius 2 is 1.04 bits per heavy atom. The molecule has 7 aliphatic heterocycles. The smallest absolute Gasteiger partial charge is 0.187 e. The van der Waals surface area contributed by atoms with Gasteiger partial charge in [0.25, 0.3) is 0 Å². The zero-order valence-corrected chi connectivity index (χ0v) is 47.3. The molecular formula is C56H92O26. The Morgan fingerprint density at radius 1 is 0.463 bits per heavy atom. The van der Waals surface area contributed by atoms with Gasteiger partial charge < -0.3 is 128 Å². The van der Waals surface area contributed by atoms with Gasteiger partial charge in [-0.15, -0.1) is 0 Å². The highest BCUT2D eigenvalue weighted by Gasteiger charge is 2.69. The van der Waals surface area contributed by atoms with Crippen molar-refractivity contribution in [3.8, 4) is 0 Å². The van der Waals surface area contributed by atoms with Crippen LogP contribution in [0.15, 0.2) is 0 Å². The number of hydrogen-bond donors (Lipinski definition) is 14. The maximum absolute atomic E-state index is 12.0. The van der Waals surface area contributed by atoms with Crippen LogP contribution in [-0.4, -0.2) is 270 Å². The SMILES string of the molecule is CC1C2C(CC3C4CC[C@H]5C[C@@H](O[C@@H]6O[C@H](CO)[C@H](O)[C@H](O[C@@H]7O[C@H](CO)[C@@H](O)[C@H](O)[C@H]7O[C@@H]7OC[C@@H](O)[C@H](O[C@@H]8O[C@H](CO)[C@@H](O)[C@H](O[C@H]9O[C@@H](C)[C@H](O)[C@@H](O)[C@H]9O)[C@H]8O)[C@@H]7O)[C@H]6O)CC[C@]5(C)C4CC[C@@]32C)O[C@]12CC[C@@H](C)CO2. The van der Waals surface area contributed by atoms with Gasteiger partial charge in [-0.05, 0) is 111 Å². The van der Waals surface area contributed by atoms with Crippen LogP contribution in [0.2, 0.25) is 0 Å². The van der Waals surface area contributed by atoms with Crippen molar-refractivity contribution in [1.29, 1.82) is 0 Å². The maximum atomic E-state index is 12.0. The Bertz CT molecular complexity index is 2130. The summed E-state index contributed by atoms with van der Waals surface area (Å²) in [5.74, 6) is 2.89. The highest BCUT2D eigenvalue weighted by Crippen LogP contribution is 2.71. The van der Waals surface area contributed by atoms with E-state index in [2.05, 4.69) is 27.7 Å². The lowest BCUT2D eigenvalue weighted by atomic mass is 9.44. The molecule has 0 bridgehead atoms. The summed E-state index contributed by atoms with van der Waals surface area (Å²) in [7, 11) is 0. The molecule has 0 aromatic heterocycles. The molecule has 26 nitrogen and oxygen atoms in total. The lowest BCUT2D eigenvalue weighted by Crippen LogP contribution is -2.67. The maximum Gasteiger partial charge on any atom is 0.187 e. The molecule has 11 rings (SSSR count). The summed E-state index contributed by atoms with van der Waals surface area (Å²) in [6, 6.07) is 0. The molecule has 1 spiro atoms. The van der Waals surface area contributed by atoms with Crippen molar-refractivity contribution in [3.05, 3.63) is 0 Å². The van der Waals surface area contributed by atoms with Crippen molar-refractivity contribution in [2.75, 3.05) is 33.0 Å². The topological polar surface area (TPSA) is 394 Å². The second-order valence-corrected chi connectivity index (χ2v) is 26.7. The predicted molar refractivity (Wildman–Crippen MR) is 273 cm³/mol. The molecule has 7 saturated heterocycles. The van der Waals surface area contributed by atoms with E-state index < -0.39 is 180 Å². The van der Waals surface area contributed by atoms with Crippen molar-refractivity contribution in [1.82, 2.24) is 0 Å². The Morgan fingerprint density at radius 3 is 1.68 bits per heavy atom. The van der Waals surface area contributed by atoms with Gasteiger partial charge in [0.1, 0.15) is 110 Å². The van der Waals surface area contributed by atoms with Crippen LogP contribution in [0.1, 0.15) is 98.8 Å². The number of ether oxygens (including phenoxy) is 12. The third-order valence-electron chi connectivity index (χ3n) is 22.1. The highest BCUT2D eigenvalue weighted by atomic mass is 16.8.